The molecule has 258 valence electrons. The summed E-state index contributed by atoms with van der Waals surface area (Å²) in [5.41, 5.74) is 14.4. The molecule has 1 aromatic heterocycles. The summed E-state index contributed by atoms with van der Waals surface area (Å²) >= 11 is 0. The lowest BCUT2D eigenvalue weighted by Gasteiger charge is -2.35. The van der Waals surface area contributed by atoms with E-state index in [2.05, 4.69) is 205 Å². The number of para-hydroxylation sites is 2. The molecule has 1 aliphatic carbocycles. The Bertz CT molecular complexity index is 3000. The molecular formula is C53H35NO. The van der Waals surface area contributed by atoms with Crippen LogP contribution in [0, 0.1) is 0 Å². The van der Waals surface area contributed by atoms with Crippen LogP contribution in [-0.2, 0) is 5.41 Å². The highest BCUT2D eigenvalue weighted by molar-refractivity contribution is 6.08. The Morgan fingerprint density at radius 1 is 0.364 bits per heavy atom. The van der Waals surface area contributed by atoms with Crippen molar-refractivity contribution in [3.8, 4) is 22.3 Å². The molecule has 1 heterocycles. The van der Waals surface area contributed by atoms with Gasteiger partial charge in [0.2, 0.25) is 0 Å². The smallest absolute Gasteiger partial charge is 0.136 e. The lowest BCUT2D eigenvalue weighted by molar-refractivity contribution is 0.669. The number of nitrogens with zero attached hydrogens (tertiary/aromatic N) is 1. The highest BCUT2D eigenvalue weighted by Gasteiger charge is 2.47. The molecule has 0 radical (unpaired) electrons. The average molecular weight is 702 g/mol. The van der Waals surface area contributed by atoms with Crippen LogP contribution < -0.4 is 4.90 Å². The first-order valence-electron chi connectivity index (χ1n) is 18.9. The van der Waals surface area contributed by atoms with Gasteiger partial charge < -0.3 is 9.32 Å². The van der Waals surface area contributed by atoms with Crippen molar-refractivity contribution in [1.82, 2.24) is 0 Å². The number of anilines is 3. The third-order valence-corrected chi connectivity index (χ3v) is 11.5. The first-order valence-corrected chi connectivity index (χ1v) is 18.9. The second-order valence-corrected chi connectivity index (χ2v) is 14.4. The number of hydrogen-bond donors (Lipinski definition) is 0. The fraction of sp³-hybridized carbons (Fsp3) is 0.0189. The van der Waals surface area contributed by atoms with Crippen LogP contribution in [0.4, 0.5) is 17.1 Å². The topological polar surface area (TPSA) is 16.4 Å². The zero-order valence-electron chi connectivity index (χ0n) is 30.1. The summed E-state index contributed by atoms with van der Waals surface area (Å²) in [4.78, 5) is 2.50. The summed E-state index contributed by atoms with van der Waals surface area (Å²) in [6, 6.07) is 77.1. The van der Waals surface area contributed by atoms with Crippen molar-refractivity contribution in [3.05, 3.63) is 235 Å². The number of fused-ring (bicyclic) bond motifs is 7. The molecule has 1 aliphatic rings. The maximum Gasteiger partial charge on any atom is 0.136 e. The van der Waals surface area contributed by atoms with Crippen LogP contribution in [-0.4, -0.2) is 0 Å². The minimum atomic E-state index is -0.513. The first kappa shape index (κ1) is 31.4. The van der Waals surface area contributed by atoms with Crippen molar-refractivity contribution >= 4 is 49.8 Å². The van der Waals surface area contributed by atoms with Gasteiger partial charge >= 0.3 is 0 Å². The van der Waals surface area contributed by atoms with Crippen LogP contribution in [0.3, 0.4) is 0 Å². The third kappa shape index (κ3) is 4.68. The molecule has 0 N–H and O–H groups in total. The van der Waals surface area contributed by atoms with Crippen LogP contribution in [0.5, 0.6) is 0 Å². The van der Waals surface area contributed by atoms with Gasteiger partial charge in [-0.15, -0.1) is 0 Å². The van der Waals surface area contributed by atoms with E-state index in [0.29, 0.717) is 0 Å². The molecule has 55 heavy (non-hydrogen) atoms. The van der Waals surface area contributed by atoms with Crippen molar-refractivity contribution in [3.63, 3.8) is 0 Å². The molecule has 0 atom stereocenters. The second kappa shape index (κ2) is 12.5. The van der Waals surface area contributed by atoms with Gasteiger partial charge in [0, 0.05) is 27.3 Å². The van der Waals surface area contributed by atoms with Crippen LogP contribution in [0.2, 0.25) is 0 Å². The molecule has 10 aromatic rings. The molecule has 0 fully saturated rings. The SMILES string of the molecule is c1ccc(C2(c3ccccc3)c3ccccc3-c3c(N(c4ccccc4-c4ccc5c(c4)oc4ccccc45)c4cccc5ccccc45)cccc32)cc1. The Morgan fingerprint density at radius 2 is 0.927 bits per heavy atom. The highest BCUT2D eigenvalue weighted by Crippen LogP contribution is 2.60. The van der Waals surface area contributed by atoms with Crippen LogP contribution in [0.25, 0.3) is 55.0 Å². The van der Waals surface area contributed by atoms with Gasteiger partial charge in [-0.1, -0.05) is 176 Å². The number of hydrogen-bond acceptors (Lipinski definition) is 2. The number of furan rings is 1. The van der Waals surface area contributed by atoms with E-state index in [-0.39, 0.29) is 0 Å². The summed E-state index contributed by atoms with van der Waals surface area (Å²) < 4.78 is 6.43. The Hall–Kier alpha value is -7.16. The molecule has 0 saturated carbocycles. The normalized spacial score (nSPS) is 12.9. The maximum absolute atomic E-state index is 6.43. The van der Waals surface area contributed by atoms with Crippen LogP contribution in [0.15, 0.2) is 217 Å². The number of rotatable bonds is 6. The zero-order chi connectivity index (χ0) is 36.3. The molecule has 9 aromatic carbocycles. The van der Waals surface area contributed by atoms with Gasteiger partial charge in [0.25, 0.3) is 0 Å². The summed E-state index contributed by atoms with van der Waals surface area (Å²) in [7, 11) is 0. The van der Waals surface area contributed by atoms with E-state index in [1.165, 1.54) is 44.2 Å². The first-order chi connectivity index (χ1) is 27.3. The molecule has 0 saturated heterocycles. The minimum absolute atomic E-state index is 0.513. The quantitative estimate of drug-likeness (QED) is 0.172. The Morgan fingerprint density at radius 3 is 1.75 bits per heavy atom. The summed E-state index contributed by atoms with van der Waals surface area (Å²) in [6.07, 6.45) is 0. The molecule has 11 rings (SSSR count). The Kier molecular flexibility index (Phi) is 7.11. The summed E-state index contributed by atoms with van der Waals surface area (Å²) in [6.45, 7) is 0. The van der Waals surface area contributed by atoms with Gasteiger partial charge in [0.15, 0.2) is 0 Å². The van der Waals surface area contributed by atoms with Gasteiger partial charge in [-0.2, -0.15) is 0 Å². The second-order valence-electron chi connectivity index (χ2n) is 14.4. The summed E-state index contributed by atoms with van der Waals surface area (Å²) in [5, 5.41) is 4.64. The molecular weight excluding hydrogens is 667 g/mol. The van der Waals surface area contributed by atoms with Crippen molar-refractivity contribution in [2.75, 3.05) is 4.90 Å². The van der Waals surface area contributed by atoms with E-state index in [9.17, 15) is 0 Å². The van der Waals surface area contributed by atoms with Crippen molar-refractivity contribution in [2.24, 2.45) is 0 Å². The summed E-state index contributed by atoms with van der Waals surface area (Å²) in [5.74, 6) is 0. The molecule has 0 amide bonds. The van der Waals surface area contributed by atoms with Gasteiger partial charge in [-0.05, 0) is 75.2 Å². The molecule has 0 aliphatic heterocycles. The van der Waals surface area contributed by atoms with Crippen molar-refractivity contribution in [1.29, 1.82) is 0 Å². The fourth-order valence-electron chi connectivity index (χ4n) is 9.26. The lowest BCUT2D eigenvalue weighted by atomic mass is 9.68. The van der Waals surface area contributed by atoms with Crippen LogP contribution >= 0.6 is 0 Å². The molecule has 2 heteroatoms. The predicted molar refractivity (Wildman–Crippen MR) is 229 cm³/mol. The standard InChI is InChI=1S/C53H35NO/c1-3-19-38(20-4-1)53(39-21-5-2-6-22-39)45-27-12-9-26-44(45)52-46(53)28-16-31-49(52)54(48-30-15-18-36-17-7-8-23-40(36)48)47-29-13-10-24-41(47)37-33-34-43-42-25-11-14-32-50(42)55-51(43)35-37/h1-35H. The third-order valence-electron chi connectivity index (χ3n) is 11.5. The van der Waals surface area contributed by atoms with Crippen LogP contribution in [0.1, 0.15) is 22.3 Å². The predicted octanol–water partition coefficient (Wildman–Crippen LogP) is 14.2. The highest BCUT2D eigenvalue weighted by atomic mass is 16.3. The van der Waals surface area contributed by atoms with E-state index in [1.54, 1.807) is 0 Å². The molecule has 0 bridgehead atoms. The average Bonchev–Trinajstić information content (AvgIpc) is 3.79. The van der Waals surface area contributed by atoms with Crippen molar-refractivity contribution in [2.45, 2.75) is 5.41 Å². The monoisotopic (exact) mass is 701 g/mol. The van der Waals surface area contributed by atoms with Gasteiger partial charge in [0.1, 0.15) is 11.2 Å². The van der Waals surface area contributed by atoms with Gasteiger partial charge in [-0.25, -0.2) is 0 Å². The number of benzene rings is 9. The molecule has 2 nitrogen and oxygen atoms in total. The van der Waals surface area contributed by atoms with Gasteiger partial charge in [-0.3, -0.25) is 0 Å². The minimum Gasteiger partial charge on any atom is -0.456 e. The van der Waals surface area contributed by atoms with E-state index in [4.69, 9.17) is 4.42 Å². The molecule has 0 unspecified atom stereocenters. The zero-order valence-corrected chi connectivity index (χ0v) is 30.1. The Balaban J connectivity index is 1.23. The Labute approximate surface area is 320 Å². The van der Waals surface area contributed by atoms with Gasteiger partial charge in [0.05, 0.1) is 22.5 Å². The van der Waals surface area contributed by atoms with Crippen molar-refractivity contribution < 1.29 is 4.42 Å². The van der Waals surface area contributed by atoms with E-state index in [0.717, 1.165) is 50.1 Å². The van der Waals surface area contributed by atoms with E-state index < -0.39 is 5.41 Å². The van der Waals surface area contributed by atoms with E-state index >= 15 is 0 Å². The largest absolute Gasteiger partial charge is 0.456 e. The maximum atomic E-state index is 6.43. The lowest BCUT2D eigenvalue weighted by Crippen LogP contribution is -2.28. The fourth-order valence-corrected chi connectivity index (χ4v) is 9.26. The van der Waals surface area contributed by atoms with E-state index in [1.807, 2.05) is 12.1 Å². The molecule has 0 spiro atoms.